The molecule has 1 aromatic rings. The van der Waals surface area contributed by atoms with Crippen LogP contribution < -0.4 is 15.5 Å². The van der Waals surface area contributed by atoms with Crippen LogP contribution in [0.25, 0.3) is 0 Å². The smallest absolute Gasteiger partial charge is 0.244 e. The number of hydrogen-bond acceptors (Lipinski definition) is 3. The second-order valence-corrected chi connectivity index (χ2v) is 7.85. The zero-order chi connectivity index (χ0) is 19.2. The number of carbonyl (C=O) groups excluding carboxylic acids is 1. The highest BCUT2D eigenvalue weighted by molar-refractivity contribution is 6.30. The van der Waals surface area contributed by atoms with Gasteiger partial charge in [0, 0.05) is 49.0 Å². The van der Waals surface area contributed by atoms with Gasteiger partial charge in [0.15, 0.2) is 5.96 Å². The van der Waals surface area contributed by atoms with E-state index in [0.29, 0.717) is 19.0 Å². The molecule has 1 heterocycles. The number of anilines is 1. The topological polar surface area (TPSA) is 60.0 Å². The quantitative estimate of drug-likeness (QED) is 0.622. The largest absolute Gasteiger partial charge is 0.368 e. The van der Waals surface area contributed by atoms with E-state index in [-0.39, 0.29) is 18.0 Å². The lowest BCUT2D eigenvalue weighted by Crippen LogP contribution is -2.50. The summed E-state index contributed by atoms with van der Waals surface area (Å²) in [7, 11) is 0. The Morgan fingerprint density at radius 3 is 2.31 bits per heavy atom. The van der Waals surface area contributed by atoms with Crippen LogP contribution in [0.5, 0.6) is 0 Å². The van der Waals surface area contributed by atoms with E-state index in [9.17, 15) is 4.79 Å². The van der Waals surface area contributed by atoms with E-state index in [1.165, 1.54) is 0 Å². The number of nitrogens with one attached hydrogen (secondary N) is 2. The monoisotopic (exact) mass is 379 g/mol. The Bertz CT molecular complexity index is 616. The summed E-state index contributed by atoms with van der Waals surface area (Å²) in [6, 6.07) is 7.83. The van der Waals surface area contributed by atoms with Crippen LogP contribution in [0.2, 0.25) is 5.02 Å². The molecule has 7 heteroatoms. The van der Waals surface area contributed by atoms with Gasteiger partial charge in [0.25, 0.3) is 0 Å². The average molecular weight is 380 g/mol. The summed E-state index contributed by atoms with van der Waals surface area (Å²) in [5.74, 6) is 0.736. The van der Waals surface area contributed by atoms with E-state index in [1.807, 2.05) is 36.1 Å². The molecule has 2 N–H and O–H groups in total. The second-order valence-electron chi connectivity index (χ2n) is 7.41. The first-order chi connectivity index (χ1) is 12.3. The van der Waals surface area contributed by atoms with Gasteiger partial charge in [0.05, 0.1) is 0 Å². The molecule has 1 fully saturated rings. The molecule has 0 unspecified atom stereocenters. The van der Waals surface area contributed by atoms with Crippen LogP contribution >= 0.6 is 11.6 Å². The number of benzene rings is 1. The van der Waals surface area contributed by atoms with Gasteiger partial charge in [-0.25, -0.2) is 4.99 Å². The van der Waals surface area contributed by atoms with E-state index in [4.69, 9.17) is 11.6 Å². The summed E-state index contributed by atoms with van der Waals surface area (Å²) < 4.78 is 0. The zero-order valence-corrected chi connectivity index (χ0v) is 16.9. The van der Waals surface area contributed by atoms with Crippen molar-refractivity contribution in [2.24, 2.45) is 4.99 Å². The molecule has 0 bridgehead atoms. The Kier molecular flexibility index (Phi) is 7.14. The lowest BCUT2D eigenvalue weighted by molar-refractivity contribution is -0.129. The maximum absolute atomic E-state index is 12.5. The van der Waals surface area contributed by atoms with Gasteiger partial charge < -0.3 is 20.4 Å². The minimum Gasteiger partial charge on any atom is -0.368 e. The Morgan fingerprint density at radius 1 is 1.15 bits per heavy atom. The molecule has 2 rings (SSSR count). The highest BCUT2D eigenvalue weighted by Gasteiger charge is 2.21. The van der Waals surface area contributed by atoms with Crippen molar-refractivity contribution in [1.29, 1.82) is 0 Å². The summed E-state index contributed by atoms with van der Waals surface area (Å²) >= 11 is 5.94. The molecule has 144 valence electrons. The van der Waals surface area contributed by atoms with Crippen LogP contribution in [0.3, 0.4) is 0 Å². The number of rotatable bonds is 4. The van der Waals surface area contributed by atoms with Gasteiger partial charge in [-0.3, -0.25) is 4.79 Å². The van der Waals surface area contributed by atoms with Crippen LogP contribution in [0, 0.1) is 0 Å². The molecule has 1 amide bonds. The highest BCUT2D eigenvalue weighted by Crippen LogP contribution is 2.19. The number of halogens is 1. The average Bonchev–Trinajstić information content (AvgIpc) is 2.59. The van der Waals surface area contributed by atoms with E-state index >= 15 is 0 Å². The molecule has 0 spiro atoms. The van der Waals surface area contributed by atoms with Crippen LogP contribution in [-0.4, -0.2) is 61.6 Å². The Labute approximate surface area is 161 Å². The van der Waals surface area contributed by atoms with Crippen LogP contribution in [0.4, 0.5) is 5.69 Å². The van der Waals surface area contributed by atoms with E-state index in [0.717, 1.165) is 30.3 Å². The van der Waals surface area contributed by atoms with Crippen molar-refractivity contribution in [2.75, 3.05) is 44.2 Å². The lowest BCUT2D eigenvalue weighted by atomic mass is 10.1. The first-order valence-electron chi connectivity index (χ1n) is 9.13. The number of piperazine rings is 1. The number of guanidine groups is 1. The molecular formula is C19H30ClN5O. The molecule has 0 aliphatic carbocycles. The highest BCUT2D eigenvalue weighted by atomic mass is 35.5. The number of hydrogen-bond donors (Lipinski definition) is 2. The van der Waals surface area contributed by atoms with E-state index in [1.54, 1.807) is 0 Å². The summed E-state index contributed by atoms with van der Waals surface area (Å²) in [6.07, 6.45) is 0. The van der Waals surface area contributed by atoms with Crippen molar-refractivity contribution in [3.63, 3.8) is 0 Å². The van der Waals surface area contributed by atoms with Crippen LogP contribution in [-0.2, 0) is 4.79 Å². The van der Waals surface area contributed by atoms with Crippen LogP contribution in [0.1, 0.15) is 27.7 Å². The first-order valence-corrected chi connectivity index (χ1v) is 9.51. The third-order valence-corrected chi connectivity index (χ3v) is 4.29. The fraction of sp³-hybridized carbons (Fsp3) is 0.579. The maximum Gasteiger partial charge on any atom is 0.244 e. The fourth-order valence-electron chi connectivity index (χ4n) is 2.77. The number of aliphatic imine (C=N–C) groups is 1. The molecular weight excluding hydrogens is 350 g/mol. The molecule has 0 saturated carbocycles. The molecule has 0 aromatic heterocycles. The molecule has 0 radical (unpaired) electrons. The Balaban J connectivity index is 1.87. The zero-order valence-electron chi connectivity index (χ0n) is 16.2. The van der Waals surface area contributed by atoms with E-state index < -0.39 is 0 Å². The van der Waals surface area contributed by atoms with Crippen molar-refractivity contribution < 1.29 is 4.79 Å². The molecule has 6 nitrogen and oxygen atoms in total. The normalized spacial score (nSPS) is 15.8. The van der Waals surface area contributed by atoms with Gasteiger partial charge in [0.2, 0.25) is 5.91 Å². The third kappa shape index (κ3) is 6.41. The second kappa shape index (κ2) is 9.12. The number of amides is 1. The van der Waals surface area contributed by atoms with Gasteiger partial charge in [-0.15, -0.1) is 0 Å². The van der Waals surface area contributed by atoms with Crippen molar-refractivity contribution in [2.45, 2.75) is 33.2 Å². The molecule has 1 saturated heterocycles. The van der Waals surface area contributed by atoms with Gasteiger partial charge in [-0.1, -0.05) is 11.6 Å². The fourth-order valence-corrected chi connectivity index (χ4v) is 2.90. The summed E-state index contributed by atoms with van der Waals surface area (Å²) in [6.45, 7) is 12.2. The van der Waals surface area contributed by atoms with Gasteiger partial charge in [0.1, 0.15) is 6.54 Å². The predicted molar refractivity (Wildman–Crippen MR) is 109 cm³/mol. The van der Waals surface area contributed by atoms with Crippen molar-refractivity contribution in [3.05, 3.63) is 29.3 Å². The number of carbonyl (C=O) groups is 1. The molecule has 0 atom stereocenters. The minimum absolute atomic E-state index is 0.0619. The van der Waals surface area contributed by atoms with Crippen LogP contribution in [0.15, 0.2) is 29.3 Å². The Hall–Kier alpha value is -1.95. The summed E-state index contributed by atoms with van der Waals surface area (Å²) in [5.41, 5.74) is 1.04. The third-order valence-electron chi connectivity index (χ3n) is 4.03. The molecule has 1 aromatic carbocycles. The minimum atomic E-state index is -0.103. The molecule has 1 aliphatic rings. The standard InChI is InChI=1S/C19H30ClN5O/c1-5-21-18(23-19(2,3)4)22-14-17(26)25-12-10-24(11-13-25)16-8-6-15(20)7-9-16/h6-9H,5,10-14H2,1-4H3,(H2,21,22,23). The Morgan fingerprint density at radius 2 is 1.77 bits per heavy atom. The van der Waals surface area contributed by atoms with Gasteiger partial charge in [-0.2, -0.15) is 0 Å². The van der Waals surface area contributed by atoms with Gasteiger partial charge >= 0.3 is 0 Å². The lowest BCUT2D eigenvalue weighted by Gasteiger charge is -2.36. The summed E-state index contributed by atoms with van der Waals surface area (Å²) in [4.78, 5) is 21.1. The van der Waals surface area contributed by atoms with E-state index in [2.05, 4.69) is 41.3 Å². The maximum atomic E-state index is 12.5. The number of nitrogens with zero attached hydrogens (tertiary/aromatic N) is 3. The summed E-state index contributed by atoms with van der Waals surface area (Å²) in [5, 5.41) is 7.21. The van der Waals surface area contributed by atoms with Crippen molar-refractivity contribution in [3.8, 4) is 0 Å². The predicted octanol–water partition coefficient (Wildman–Crippen LogP) is 2.34. The molecule has 26 heavy (non-hydrogen) atoms. The SMILES string of the molecule is CCNC(=NCC(=O)N1CCN(c2ccc(Cl)cc2)CC1)NC(C)(C)C. The first kappa shape index (κ1) is 20.4. The van der Waals surface area contributed by atoms with Crippen molar-refractivity contribution >= 4 is 29.2 Å². The van der Waals surface area contributed by atoms with Gasteiger partial charge in [-0.05, 0) is 52.0 Å². The van der Waals surface area contributed by atoms with Crippen molar-refractivity contribution in [1.82, 2.24) is 15.5 Å². The molecule has 1 aliphatic heterocycles.